The van der Waals surface area contributed by atoms with E-state index in [1.807, 2.05) is 11.5 Å². The van der Waals surface area contributed by atoms with E-state index in [4.69, 9.17) is 16.2 Å². The molecule has 1 aromatic rings. The molecule has 0 spiro atoms. The second kappa shape index (κ2) is 4.25. The van der Waals surface area contributed by atoms with Crippen LogP contribution in [0.1, 0.15) is 11.1 Å². The number of hydrazine groups is 1. The summed E-state index contributed by atoms with van der Waals surface area (Å²) in [6.07, 6.45) is 0.117. The molecular weight excluding hydrogens is 182 g/mol. The van der Waals surface area contributed by atoms with Crippen LogP contribution in [-0.2, 0) is 11.2 Å². The number of hydrogen-bond donors (Lipinski definition) is 2. The summed E-state index contributed by atoms with van der Waals surface area (Å²) >= 11 is 0. The molecule has 0 aromatic heterocycles. The minimum Gasteiger partial charge on any atom is -0.592 e. The molecule has 0 aliphatic rings. The smallest absolute Gasteiger partial charge is 0.271 e. The lowest BCUT2D eigenvalue weighted by molar-refractivity contribution is -0.120. The Kier molecular flexibility index (Phi) is 3.05. The highest BCUT2D eigenvalue weighted by Gasteiger charge is 2.07. The van der Waals surface area contributed by atoms with Crippen molar-refractivity contribution in [2.24, 2.45) is 5.84 Å². The molecular formula is C9H10N3O2+. The van der Waals surface area contributed by atoms with E-state index in [-0.39, 0.29) is 23.6 Å². The van der Waals surface area contributed by atoms with Crippen molar-refractivity contribution in [2.45, 2.75) is 6.42 Å². The van der Waals surface area contributed by atoms with E-state index in [2.05, 4.69) is 0 Å². The van der Waals surface area contributed by atoms with E-state index < -0.39 is 0 Å². The van der Waals surface area contributed by atoms with Gasteiger partial charge < -0.3 is 5.11 Å². The summed E-state index contributed by atoms with van der Waals surface area (Å²) in [5, 5.41) is 16.0. The Balaban J connectivity index is 2.91. The highest BCUT2D eigenvalue weighted by molar-refractivity contribution is 5.78. The van der Waals surface area contributed by atoms with Crippen molar-refractivity contribution >= 4 is 5.91 Å². The zero-order chi connectivity index (χ0) is 10.6. The molecule has 0 heterocycles. The summed E-state index contributed by atoms with van der Waals surface area (Å²) in [6, 6.07) is 6.50. The number of nitrogens with two attached hydrogens (primary N) is 1. The van der Waals surface area contributed by atoms with Crippen molar-refractivity contribution in [3.05, 3.63) is 29.3 Å². The van der Waals surface area contributed by atoms with Gasteiger partial charge in [0.1, 0.15) is 11.6 Å². The quantitative estimate of drug-likeness (QED) is 0.286. The number of amides is 1. The van der Waals surface area contributed by atoms with E-state index in [9.17, 15) is 4.79 Å². The topological polar surface area (TPSA) is 102 Å². The van der Waals surface area contributed by atoms with Gasteiger partial charge in [-0.1, -0.05) is 0 Å². The van der Waals surface area contributed by atoms with E-state index in [0.717, 1.165) is 0 Å². The van der Waals surface area contributed by atoms with Gasteiger partial charge in [0.25, 0.3) is 5.75 Å². The lowest BCUT2D eigenvalue weighted by atomic mass is 10.1. The van der Waals surface area contributed by atoms with Gasteiger partial charge in [-0.25, -0.2) is 5.84 Å². The Bertz CT molecular complexity index is 396. The van der Waals surface area contributed by atoms with E-state index in [1.54, 1.807) is 6.07 Å². The van der Waals surface area contributed by atoms with E-state index >= 15 is 0 Å². The van der Waals surface area contributed by atoms with E-state index in [0.29, 0.717) is 5.56 Å². The van der Waals surface area contributed by atoms with Crippen LogP contribution in [0.2, 0.25) is 0 Å². The van der Waals surface area contributed by atoms with Gasteiger partial charge in [-0.05, 0) is 17.7 Å². The van der Waals surface area contributed by atoms with Crippen LogP contribution in [0.4, 0.5) is 0 Å². The first kappa shape index (κ1) is 10.0. The van der Waals surface area contributed by atoms with Crippen molar-refractivity contribution in [3.8, 4) is 11.8 Å². The van der Waals surface area contributed by atoms with Crippen molar-refractivity contribution in [1.82, 2.24) is 5.43 Å². The zero-order valence-electron chi connectivity index (χ0n) is 7.37. The average Bonchev–Trinajstić information content (AvgIpc) is 2.20. The Morgan fingerprint density at radius 3 is 2.93 bits per heavy atom. The number of carbonyl (C=O) groups excluding carboxylic acids is 1. The first-order valence-corrected chi connectivity index (χ1v) is 3.91. The van der Waals surface area contributed by atoms with Gasteiger partial charge in [0, 0.05) is 6.07 Å². The summed E-state index contributed by atoms with van der Waals surface area (Å²) < 4.78 is 0. The fourth-order valence-electron chi connectivity index (χ4n) is 1.03. The normalized spacial score (nSPS) is 9.14. The van der Waals surface area contributed by atoms with Crippen molar-refractivity contribution in [2.75, 3.05) is 0 Å². The number of benzene rings is 1. The molecule has 5 N–H and O–H groups in total. The highest BCUT2D eigenvalue weighted by Crippen LogP contribution is 2.17. The molecule has 14 heavy (non-hydrogen) atoms. The molecule has 0 saturated carbocycles. The van der Waals surface area contributed by atoms with Crippen LogP contribution >= 0.6 is 0 Å². The second-order valence-corrected chi connectivity index (χ2v) is 2.74. The standard InChI is InChI=1S/C9H9N3O2/c10-5-7-3-6(1-2-8(7)13)4-9(14)12-11/h1-3,13H,4,11H2,(H,12,14)/p+1. The van der Waals surface area contributed by atoms with Crippen LogP contribution in [-0.4, -0.2) is 11.0 Å². The SMILES string of the molecule is N#Cc1cc(CC(=O)NN)ccc1[OH2+]. The number of rotatable bonds is 2. The van der Waals surface area contributed by atoms with Crippen LogP contribution in [0.5, 0.6) is 5.75 Å². The molecule has 0 bridgehead atoms. The molecule has 1 amide bonds. The van der Waals surface area contributed by atoms with Crippen molar-refractivity contribution in [1.29, 1.82) is 5.26 Å². The predicted molar refractivity (Wildman–Crippen MR) is 50.3 cm³/mol. The van der Waals surface area contributed by atoms with Crippen molar-refractivity contribution in [3.63, 3.8) is 0 Å². The Hall–Kier alpha value is -2.06. The molecule has 5 heteroatoms. The molecule has 1 aromatic carbocycles. The molecule has 1 rings (SSSR count). The summed E-state index contributed by atoms with van der Waals surface area (Å²) in [5.41, 5.74) is 2.92. The number of nitriles is 1. The molecule has 5 nitrogen and oxygen atoms in total. The molecule has 0 atom stereocenters. The Morgan fingerprint density at radius 2 is 2.36 bits per heavy atom. The third-order valence-corrected chi connectivity index (χ3v) is 1.73. The lowest BCUT2D eigenvalue weighted by Gasteiger charge is -2.00. The minimum atomic E-state index is -0.327. The highest BCUT2D eigenvalue weighted by atomic mass is 16.3. The zero-order valence-corrected chi connectivity index (χ0v) is 7.37. The van der Waals surface area contributed by atoms with Crippen LogP contribution in [0, 0.1) is 11.3 Å². The fraction of sp³-hybridized carbons (Fsp3) is 0.111. The maximum atomic E-state index is 10.9. The molecule has 72 valence electrons. The first-order valence-electron chi connectivity index (χ1n) is 3.91. The van der Waals surface area contributed by atoms with Gasteiger partial charge in [0.05, 0.1) is 6.42 Å². The minimum absolute atomic E-state index is 0.117. The predicted octanol–water partition coefficient (Wildman–Crippen LogP) is -0.471. The second-order valence-electron chi connectivity index (χ2n) is 2.74. The summed E-state index contributed by atoms with van der Waals surface area (Å²) in [7, 11) is 0. The number of nitrogens with one attached hydrogen (secondary N) is 1. The summed E-state index contributed by atoms with van der Waals surface area (Å²) in [4.78, 5) is 10.9. The molecule has 0 aliphatic carbocycles. The summed E-state index contributed by atoms with van der Waals surface area (Å²) in [5.74, 6) is 4.75. The van der Waals surface area contributed by atoms with Gasteiger partial charge in [-0.3, -0.25) is 10.2 Å². The number of hydrogen-bond acceptors (Lipinski definition) is 3. The maximum Gasteiger partial charge on any atom is 0.271 e. The molecule has 0 radical (unpaired) electrons. The monoisotopic (exact) mass is 192 g/mol. The van der Waals surface area contributed by atoms with E-state index in [1.165, 1.54) is 12.1 Å². The molecule has 0 aliphatic heterocycles. The van der Waals surface area contributed by atoms with Gasteiger partial charge in [-0.2, -0.15) is 5.26 Å². The Morgan fingerprint density at radius 1 is 1.64 bits per heavy atom. The van der Waals surface area contributed by atoms with Gasteiger partial charge in [-0.15, -0.1) is 0 Å². The van der Waals surface area contributed by atoms with Crippen LogP contribution < -0.4 is 11.3 Å². The van der Waals surface area contributed by atoms with Crippen LogP contribution in [0.25, 0.3) is 0 Å². The first-order chi connectivity index (χ1) is 6.67. The number of nitrogens with zero attached hydrogens (tertiary/aromatic N) is 1. The van der Waals surface area contributed by atoms with Gasteiger partial charge >= 0.3 is 0 Å². The molecule has 0 unspecified atom stereocenters. The van der Waals surface area contributed by atoms with Crippen LogP contribution in [0.15, 0.2) is 18.2 Å². The number of carbonyl (C=O) groups is 1. The maximum absolute atomic E-state index is 10.9. The Labute approximate surface area is 80.7 Å². The van der Waals surface area contributed by atoms with Crippen molar-refractivity contribution < 1.29 is 9.90 Å². The average molecular weight is 192 g/mol. The fourth-order valence-corrected chi connectivity index (χ4v) is 1.03. The summed E-state index contributed by atoms with van der Waals surface area (Å²) in [6.45, 7) is 0. The molecule has 0 fully saturated rings. The van der Waals surface area contributed by atoms with Crippen LogP contribution in [0.3, 0.4) is 0 Å². The van der Waals surface area contributed by atoms with Gasteiger partial charge in [0.2, 0.25) is 5.91 Å². The molecule has 0 saturated heterocycles. The van der Waals surface area contributed by atoms with Gasteiger partial charge in [0.15, 0.2) is 0 Å². The largest absolute Gasteiger partial charge is 0.592 e. The lowest BCUT2D eigenvalue weighted by Crippen LogP contribution is -2.31. The third-order valence-electron chi connectivity index (χ3n) is 1.73. The third kappa shape index (κ3) is 2.21.